The van der Waals surface area contributed by atoms with E-state index in [4.69, 9.17) is 9.57 Å². The van der Waals surface area contributed by atoms with E-state index in [9.17, 15) is 28.1 Å². The Balaban J connectivity index is 1.13. The first-order valence-corrected chi connectivity index (χ1v) is 14.4. The minimum atomic E-state index is -4.82. The molecule has 0 amide bonds. The lowest BCUT2D eigenvalue weighted by Gasteiger charge is -2.37. The van der Waals surface area contributed by atoms with Gasteiger partial charge in [-0.05, 0) is 55.4 Å². The molecule has 2 heterocycles. The molecule has 0 unspecified atom stereocenters. The van der Waals surface area contributed by atoms with Gasteiger partial charge < -0.3 is 14.5 Å². The molecule has 42 heavy (non-hydrogen) atoms. The van der Waals surface area contributed by atoms with Crippen LogP contribution in [0.5, 0.6) is 5.75 Å². The number of hydrogen-bond acceptors (Lipinski definition) is 10. The maximum Gasteiger partial charge on any atom is 0.416 e. The number of nitro benzene ring substituents is 1. The van der Waals surface area contributed by atoms with Gasteiger partial charge in [0.1, 0.15) is 17.1 Å². The van der Waals surface area contributed by atoms with Gasteiger partial charge in [-0.1, -0.05) is 28.6 Å². The van der Waals surface area contributed by atoms with Gasteiger partial charge in [-0.2, -0.15) is 18.2 Å². The van der Waals surface area contributed by atoms with Crippen LogP contribution in [-0.2, 0) is 17.6 Å². The molecule has 10 nitrogen and oxygen atoms in total. The minimum Gasteiger partial charge on any atom is -0.497 e. The first-order chi connectivity index (χ1) is 20.1. The fourth-order valence-corrected chi connectivity index (χ4v) is 6.38. The maximum absolute atomic E-state index is 13.2. The highest BCUT2D eigenvalue weighted by atomic mass is 32.1. The number of anilines is 1. The molecule has 0 spiro atoms. The molecule has 2 aliphatic rings. The van der Waals surface area contributed by atoms with Crippen LogP contribution in [0.15, 0.2) is 46.3 Å². The second kappa shape index (κ2) is 12.6. The van der Waals surface area contributed by atoms with Crippen molar-refractivity contribution in [1.82, 2.24) is 9.88 Å². The number of benzene rings is 2. The second-order valence-electron chi connectivity index (χ2n) is 10.4. The van der Waals surface area contributed by atoms with Crippen LogP contribution in [0.4, 0.5) is 24.0 Å². The van der Waals surface area contributed by atoms with Gasteiger partial charge in [-0.25, -0.2) is 0 Å². The van der Waals surface area contributed by atoms with E-state index in [0.717, 1.165) is 73.7 Å². The van der Waals surface area contributed by atoms with Gasteiger partial charge in [0.05, 0.1) is 28.7 Å². The Morgan fingerprint density at radius 1 is 1.12 bits per heavy atom. The highest BCUT2D eigenvalue weighted by Gasteiger charge is 2.34. The van der Waals surface area contributed by atoms with E-state index in [2.05, 4.69) is 15.0 Å². The Labute approximate surface area is 243 Å². The number of nitro groups is 1. The van der Waals surface area contributed by atoms with E-state index in [1.165, 1.54) is 0 Å². The van der Waals surface area contributed by atoms with Crippen molar-refractivity contribution in [2.75, 3.05) is 44.7 Å². The number of aromatic nitrogens is 1. The molecule has 1 aliphatic heterocycles. The highest BCUT2D eigenvalue weighted by Crippen LogP contribution is 2.38. The summed E-state index contributed by atoms with van der Waals surface area (Å²) in [5.74, 6) is 1.32. The summed E-state index contributed by atoms with van der Waals surface area (Å²) in [7, 11) is 1.63. The average molecular weight is 606 g/mol. The molecular weight excluding hydrogens is 575 g/mol. The molecule has 3 aromatic rings. The molecule has 1 saturated carbocycles. The molecule has 2 aromatic carbocycles. The van der Waals surface area contributed by atoms with Crippen LogP contribution in [0.2, 0.25) is 0 Å². The standard InChI is InChI=1S/C28H30F3N5O5S/c1-40-22-8-4-19(5-9-22)17-41-33-21-6-2-18(3-7-21)16-34-10-12-35(13-11-34)27-32-26(37)23-14-20(28(29,30)31)15-24(36(38)39)25(23)42-27/h4-5,8-9,14-15,18H,2-3,6-7,10-13,16-17H2,1H3. The topological polar surface area (TPSA) is 110 Å². The third-order valence-corrected chi connectivity index (χ3v) is 8.80. The second-order valence-corrected chi connectivity index (χ2v) is 11.4. The Kier molecular flexibility index (Phi) is 8.92. The molecule has 0 bridgehead atoms. The summed E-state index contributed by atoms with van der Waals surface area (Å²) in [6, 6.07) is 8.79. The molecule has 224 valence electrons. The van der Waals surface area contributed by atoms with E-state index < -0.39 is 33.3 Å². The Hall–Kier alpha value is -3.78. The molecular formula is C28H30F3N5O5S. The maximum atomic E-state index is 13.2. The van der Waals surface area contributed by atoms with Crippen molar-refractivity contribution in [3.8, 4) is 5.75 Å². The minimum absolute atomic E-state index is 0.0990. The summed E-state index contributed by atoms with van der Waals surface area (Å²) < 4.78 is 44.8. The number of piperazine rings is 1. The zero-order chi connectivity index (χ0) is 29.9. The SMILES string of the molecule is COc1ccc(CON=C2CCC(CN3CCN(c4nc(=O)c5cc(C(F)(F)F)cc([N+](=O)[O-])c5s4)CC3)CC2)cc1. The summed E-state index contributed by atoms with van der Waals surface area (Å²) in [6.07, 6.45) is -1.01. The number of rotatable bonds is 8. The van der Waals surface area contributed by atoms with Crippen molar-refractivity contribution in [2.24, 2.45) is 11.1 Å². The lowest BCUT2D eigenvalue weighted by Crippen LogP contribution is -2.48. The lowest BCUT2D eigenvalue weighted by atomic mass is 9.87. The quantitative estimate of drug-likeness (QED) is 0.245. The first-order valence-electron chi connectivity index (χ1n) is 13.6. The summed E-state index contributed by atoms with van der Waals surface area (Å²) in [5.41, 5.74) is -0.791. The number of alkyl halides is 3. The molecule has 0 radical (unpaired) electrons. The van der Waals surface area contributed by atoms with Gasteiger partial charge in [0.2, 0.25) is 0 Å². The number of fused-ring (bicyclic) bond motifs is 1. The van der Waals surface area contributed by atoms with Crippen molar-refractivity contribution in [3.63, 3.8) is 0 Å². The van der Waals surface area contributed by atoms with E-state index in [1.807, 2.05) is 29.2 Å². The number of non-ortho nitro benzene ring substituents is 1. The lowest BCUT2D eigenvalue weighted by molar-refractivity contribution is -0.383. The Morgan fingerprint density at radius 2 is 1.81 bits per heavy atom. The number of methoxy groups -OCH3 is 1. The van der Waals surface area contributed by atoms with E-state index in [-0.39, 0.29) is 9.83 Å². The molecule has 0 atom stereocenters. The summed E-state index contributed by atoms with van der Waals surface area (Å²) >= 11 is 0.882. The van der Waals surface area contributed by atoms with Crippen LogP contribution in [0.3, 0.4) is 0 Å². The zero-order valence-corrected chi connectivity index (χ0v) is 23.7. The van der Waals surface area contributed by atoms with Crippen LogP contribution in [0.25, 0.3) is 10.1 Å². The van der Waals surface area contributed by atoms with Crippen LogP contribution in [-0.4, -0.2) is 60.4 Å². The van der Waals surface area contributed by atoms with Gasteiger partial charge in [0.25, 0.3) is 11.2 Å². The van der Waals surface area contributed by atoms with E-state index in [1.54, 1.807) is 7.11 Å². The third-order valence-electron chi connectivity index (χ3n) is 7.64. The van der Waals surface area contributed by atoms with Crippen LogP contribution in [0, 0.1) is 16.0 Å². The third kappa shape index (κ3) is 6.98. The van der Waals surface area contributed by atoms with Crippen molar-refractivity contribution in [2.45, 2.75) is 38.5 Å². The summed E-state index contributed by atoms with van der Waals surface area (Å²) in [5, 5.41) is 15.8. The molecule has 1 aromatic heterocycles. The number of hydrogen-bond donors (Lipinski definition) is 0. The smallest absolute Gasteiger partial charge is 0.416 e. The summed E-state index contributed by atoms with van der Waals surface area (Å²) in [4.78, 5) is 37.1. The summed E-state index contributed by atoms with van der Waals surface area (Å²) in [6.45, 7) is 3.89. The van der Waals surface area contributed by atoms with Crippen LogP contribution in [0.1, 0.15) is 36.8 Å². The highest BCUT2D eigenvalue weighted by molar-refractivity contribution is 7.22. The van der Waals surface area contributed by atoms with Crippen molar-refractivity contribution >= 4 is 38.0 Å². The van der Waals surface area contributed by atoms with Gasteiger partial charge >= 0.3 is 6.18 Å². The first kappa shape index (κ1) is 29.7. The zero-order valence-electron chi connectivity index (χ0n) is 22.9. The molecule has 0 N–H and O–H groups in total. The van der Waals surface area contributed by atoms with Crippen LogP contribution >= 0.6 is 11.3 Å². The number of halogens is 3. The number of oxime groups is 1. The molecule has 14 heteroatoms. The predicted molar refractivity (Wildman–Crippen MR) is 153 cm³/mol. The van der Waals surface area contributed by atoms with E-state index >= 15 is 0 Å². The molecule has 1 saturated heterocycles. The average Bonchev–Trinajstić information content (AvgIpc) is 2.97. The fourth-order valence-electron chi connectivity index (χ4n) is 5.27. The van der Waals surface area contributed by atoms with Crippen molar-refractivity contribution in [3.05, 3.63) is 68.0 Å². The van der Waals surface area contributed by atoms with Gasteiger partial charge in [-0.15, -0.1) is 0 Å². The fraction of sp³-hybridized carbons (Fsp3) is 0.464. The number of ether oxygens (including phenoxy) is 1. The van der Waals surface area contributed by atoms with Gasteiger partial charge in [0.15, 0.2) is 5.13 Å². The Morgan fingerprint density at radius 3 is 2.43 bits per heavy atom. The predicted octanol–water partition coefficient (Wildman–Crippen LogP) is 5.48. The molecule has 2 fully saturated rings. The molecule has 1 aliphatic carbocycles. The van der Waals surface area contributed by atoms with Gasteiger partial charge in [-0.3, -0.25) is 19.8 Å². The Bertz CT molecular complexity index is 1510. The number of nitrogens with zero attached hydrogens (tertiary/aromatic N) is 5. The van der Waals surface area contributed by atoms with E-state index in [0.29, 0.717) is 37.7 Å². The monoisotopic (exact) mass is 605 g/mol. The normalized spacial score (nSPS) is 18.2. The molecule has 5 rings (SSSR count). The van der Waals surface area contributed by atoms with Gasteiger partial charge in [0, 0.05) is 38.8 Å². The van der Waals surface area contributed by atoms with Crippen molar-refractivity contribution < 1.29 is 27.7 Å². The largest absolute Gasteiger partial charge is 0.497 e. The van der Waals surface area contributed by atoms with Crippen molar-refractivity contribution in [1.29, 1.82) is 0 Å². The van der Waals surface area contributed by atoms with Crippen LogP contribution < -0.4 is 15.2 Å².